The molecule has 2 unspecified atom stereocenters. The molecule has 2 aliphatic rings. The van der Waals surface area contributed by atoms with Gasteiger partial charge in [-0.1, -0.05) is 19.9 Å². The second-order valence-electron chi connectivity index (χ2n) is 11.0. The van der Waals surface area contributed by atoms with Crippen molar-refractivity contribution in [1.29, 1.82) is 0 Å². The van der Waals surface area contributed by atoms with Gasteiger partial charge < -0.3 is 28.8 Å². The number of amides is 1. The van der Waals surface area contributed by atoms with Crippen molar-refractivity contribution in [2.24, 2.45) is 5.92 Å². The molecule has 3 aromatic rings. The van der Waals surface area contributed by atoms with E-state index in [-0.39, 0.29) is 17.4 Å². The van der Waals surface area contributed by atoms with Crippen molar-refractivity contribution >= 4 is 17.4 Å². The van der Waals surface area contributed by atoms with Crippen molar-refractivity contribution < 1.29 is 28.9 Å². The maximum absolute atomic E-state index is 13.5. The Bertz CT molecular complexity index is 1450. The maximum Gasteiger partial charge on any atom is 0.295 e. The Balaban J connectivity index is 1.52. The first-order valence-electron chi connectivity index (χ1n) is 14.1. The third kappa shape index (κ3) is 5.94. The number of aromatic nitrogens is 2. The molecule has 9 heteroatoms. The molecule has 2 aromatic carbocycles. The highest BCUT2D eigenvalue weighted by Crippen LogP contribution is 2.43. The van der Waals surface area contributed by atoms with E-state index in [0.29, 0.717) is 61.1 Å². The minimum absolute atomic E-state index is 0.0391. The Morgan fingerprint density at radius 3 is 2.71 bits per heavy atom. The number of nitrogens with zero attached hydrogens (tertiary/aromatic N) is 3. The SMILES string of the molecule is COc1cc(C2/C(=C(/O)c3ccc4c(c3)CC(C)O4)C(=O)C(=O)N2CCCn2ccnc2)ccc1OCCC(C)C. The summed E-state index contributed by atoms with van der Waals surface area (Å²) in [5.41, 5.74) is 2.14. The lowest BCUT2D eigenvalue weighted by molar-refractivity contribution is -0.139. The fourth-order valence-electron chi connectivity index (χ4n) is 5.40. The average molecular weight is 560 g/mol. The number of hydrogen-bond acceptors (Lipinski definition) is 7. The topological polar surface area (TPSA) is 103 Å². The van der Waals surface area contributed by atoms with E-state index in [4.69, 9.17) is 14.2 Å². The zero-order chi connectivity index (χ0) is 29.1. The monoisotopic (exact) mass is 559 g/mol. The summed E-state index contributed by atoms with van der Waals surface area (Å²) in [6, 6.07) is 9.99. The molecular weight excluding hydrogens is 522 g/mol. The molecule has 216 valence electrons. The van der Waals surface area contributed by atoms with E-state index in [0.717, 1.165) is 17.7 Å². The van der Waals surface area contributed by atoms with Crippen LogP contribution in [0, 0.1) is 5.92 Å². The van der Waals surface area contributed by atoms with Gasteiger partial charge in [0.25, 0.3) is 11.7 Å². The van der Waals surface area contributed by atoms with Gasteiger partial charge in [0.2, 0.25) is 0 Å². The Labute approximate surface area is 240 Å². The molecule has 1 amide bonds. The second-order valence-corrected chi connectivity index (χ2v) is 11.0. The van der Waals surface area contributed by atoms with E-state index < -0.39 is 17.7 Å². The van der Waals surface area contributed by atoms with E-state index >= 15 is 0 Å². The van der Waals surface area contributed by atoms with Crippen LogP contribution < -0.4 is 14.2 Å². The molecule has 0 saturated carbocycles. The van der Waals surface area contributed by atoms with Crippen LogP contribution >= 0.6 is 0 Å². The van der Waals surface area contributed by atoms with E-state index in [1.165, 1.54) is 4.90 Å². The van der Waals surface area contributed by atoms with Gasteiger partial charge >= 0.3 is 0 Å². The van der Waals surface area contributed by atoms with Crippen LogP contribution in [0.1, 0.15) is 56.3 Å². The molecular formula is C32H37N3O6. The van der Waals surface area contributed by atoms with Gasteiger partial charge in [0, 0.05) is 37.5 Å². The van der Waals surface area contributed by atoms with Crippen LogP contribution in [-0.2, 0) is 22.6 Å². The lowest BCUT2D eigenvalue weighted by atomic mass is 9.94. The predicted octanol–water partition coefficient (Wildman–Crippen LogP) is 5.15. The number of ether oxygens (including phenoxy) is 3. The van der Waals surface area contributed by atoms with Crippen molar-refractivity contribution in [2.45, 2.75) is 58.7 Å². The Hall–Kier alpha value is -4.27. The van der Waals surface area contributed by atoms with Gasteiger partial charge in [-0.25, -0.2) is 4.98 Å². The number of methoxy groups -OCH3 is 1. The van der Waals surface area contributed by atoms with Crippen molar-refractivity contribution in [3.63, 3.8) is 0 Å². The summed E-state index contributed by atoms with van der Waals surface area (Å²) in [5.74, 6) is 0.789. The van der Waals surface area contributed by atoms with Gasteiger partial charge in [-0.15, -0.1) is 0 Å². The number of aliphatic hydroxyl groups excluding tert-OH is 1. The Morgan fingerprint density at radius 2 is 1.98 bits per heavy atom. The molecule has 2 atom stereocenters. The summed E-state index contributed by atoms with van der Waals surface area (Å²) < 4.78 is 19.3. The van der Waals surface area contributed by atoms with E-state index in [1.807, 2.05) is 29.8 Å². The second kappa shape index (κ2) is 12.1. The van der Waals surface area contributed by atoms with Crippen molar-refractivity contribution in [1.82, 2.24) is 14.5 Å². The number of imidazole rings is 1. The summed E-state index contributed by atoms with van der Waals surface area (Å²) in [6.45, 7) is 7.74. The molecule has 1 saturated heterocycles. The molecule has 3 heterocycles. The van der Waals surface area contributed by atoms with Gasteiger partial charge in [0.05, 0.1) is 31.7 Å². The van der Waals surface area contributed by atoms with Crippen LogP contribution in [0.4, 0.5) is 0 Å². The van der Waals surface area contributed by atoms with Gasteiger partial charge in [-0.3, -0.25) is 9.59 Å². The minimum Gasteiger partial charge on any atom is -0.507 e. The van der Waals surface area contributed by atoms with Crippen LogP contribution in [0.25, 0.3) is 5.76 Å². The first-order chi connectivity index (χ1) is 19.8. The van der Waals surface area contributed by atoms with Crippen LogP contribution in [0.2, 0.25) is 0 Å². The van der Waals surface area contributed by atoms with Gasteiger partial charge in [0.15, 0.2) is 11.5 Å². The van der Waals surface area contributed by atoms with Gasteiger partial charge in [-0.2, -0.15) is 0 Å². The summed E-state index contributed by atoms with van der Waals surface area (Å²) in [5, 5.41) is 11.6. The van der Waals surface area contributed by atoms with Crippen molar-refractivity contribution in [3.05, 3.63) is 77.4 Å². The molecule has 0 bridgehead atoms. The smallest absolute Gasteiger partial charge is 0.295 e. The van der Waals surface area contributed by atoms with Crippen LogP contribution in [-0.4, -0.2) is 57.6 Å². The van der Waals surface area contributed by atoms with Crippen molar-refractivity contribution in [2.75, 3.05) is 20.3 Å². The highest BCUT2D eigenvalue weighted by atomic mass is 16.5. The lowest BCUT2D eigenvalue weighted by Gasteiger charge is -2.26. The van der Waals surface area contributed by atoms with Crippen molar-refractivity contribution in [3.8, 4) is 17.2 Å². The van der Waals surface area contributed by atoms with E-state index in [9.17, 15) is 14.7 Å². The molecule has 9 nitrogen and oxygen atoms in total. The number of aliphatic hydroxyl groups is 1. The number of benzene rings is 2. The molecule has 1 aromatic heterocycles. The zero-order valence-corrected chi connectivity index (χ0v) is 24.0. The number of rotatable bonds is 11. The Morgan fingerprint density at radius 1 is 1.15 bits per heavy atom. The highest BCUT2D eigenvalue weighted by Gasteiger charge is 2.46. The fourth-order valence-corrected chi connectivity index (χ4v) is 5.40. The summed E-state index contributed by atoms with van der Waals surface area (Å²) in [4.78, 5) is 32.5. The predicted molar refractivity (Wildman–Crippen MR) is 154 cm³/mol. The quantitative estimate of drug-likeness (QED) is 0.197. The van der Waals surface area contributed by atoms with E-state index in [1.54, 1.807) is 43.9 Å². The number of fused-ring (bicyclic) bond motifs is 1. The molecule has 0 aliphatic carbocycles. The third-order valence-corrected chi connectivity index (χ3v) is 7.54. The fraction of sp³-hybridized carbons (Fsp3) is 0.406. The number of aryl methyl sites for hydroxylation is 1. The van der Waals surface area contributed by atoms with E-state index in [2.05, 4.69) is 18.8 Å². The molecule has 0 spiro atoms. The summed E-state index contributed by atoms with van der Waals surface area (Å²) >= 11 is 0. The molecule has 5 rings (SSSR count). The molecule has 41 heavy (non-hydrogen) atoms. The number of likely N-dealkylation sites (tertiary alicyclic amines) is 1. The number of hydrogen-bond donors (Lipinski definition) is 1. The van der Waals surface area contributed by atoms with Gasteiger partial charge in [0.1, 0.15) is 17.6 Å². The maximum atomic E-state index is 13.5. The first kappa shape index (κ1) is 28.3. The summed E-state index contributed by atoms with van der Waals surface area (Å²) in [7, 11) is 1.56. The number of carbonyl (C=O) groups excluding carboxylic acids is 2. The standard InChI is InChI=1S/C32H37N3O6/c1-20(2)10-15-40-26-9-6-22(18-27(26)39-4)29-28(30(36)23-7-8-25-24(17-23)16-21(3)41-25)31(37)32(38)35(29)13-5-12-34-14-11-33-19-34/h6-9,11,14,17-21,29,36H,5,10,12-13,15-16H2,1-4H3/b30-28-. The van der Waals surface area contributed by atoms with Crippen LogP contribution in [0.15, 0.2) is 60.7 Å². The minimum atomic E-state index is -0.792. The lowest BCUT2D eigenvalue weighted by Crippen LogP contribution is -2.31. The van der Waals surface area contributed by atoms with Gasteiger partial charge in [-0.05, 0) is 67.1 Å². The third-order valence-electron chi connectivity index (χ3n) is 7.54. The Kier molecular flexibility index (Phi) is 8.33. The number of Topliss-reactive ketones (excluding diaryl/α,β-unsaturated/α-hetero) is 1. The molecule has 0 radical (unpaired) electrons. The summed E-state index contributed by atoms with van der Waals surface area (Å²) in [6.07, 6.45) is 7.51. The first-order valence-corrected chi connectivity index (χ1v) is 14.1. The van der Waals surface area contributed by atoms with Crippen LogP contribution in [0.5, 0.6) is 17.2 Å². The number of carbonyl (C=O) groups is 2. The van der Waals surface area contributed by atoms with Crippen LogP contribution in [0.3, 0.4) is 0 Å². The highest BCUT2D eigenvalue weighted by molar-refractivity contribution is 6.46. The number of ketones is 1. The molecule has 1 fully saturated rings. The largest absolute Gasteiger partial charge is 0.507 e. The zero-order valence-electron chi connectivity index (χ0n) is 24.0. The normalized spacial score (nSPS) is 19.5. The average Bonchev–Trinajstić information content (AvgIpc) is 3.66. The molecule has 1 N–H and O–H groups in total. The molecule has 2 aliphatic heterocycles.